The van der Waals surface area contributed by atoms with Crippen LogP contribution in [0.3, 0.4) is 0 Å². The van der Waals surface area contributed by atoms with Crippen molar-refractivity contribution in [2.45, 2.75) is 56.5 Å². The molecule has 1 aromatic carbocycles. The van der Waals surface area contributed by atoms with E-state index in [1.165, 1.54) is 5.57 Å². The van der Waals surface area contributed by atoms with Gasteiger partial charge in [-0.05, 0) is 69.0 Å². The minimum atomic E-state index is -0.631. The van der Waals surface area contributed by atoms with E-state index in [1.807, 2.05) is 23.1 Å². The van der Waals surface area contributed by atoms with Crippen LogP contribution in [0.1, 0.15) is 56.1 Å². The summed E-state index contributed by atoms with van der Waals surface area (Å²) in [6.45, 7) is 3.00. The Labute approximate surface area is 204 Å². The van der Waals surface area contributed by atoms with E-state index in [0.717, 1.165) is 63.6 Å². The highest BCUT2D eigenvalue weighted by Crippen LogP contribution is 2.46. The van der Waals surface area contributed by atoms with Gasteiger partial charge in [-0.3, -0.25) is 19.5 Å². The molecule has 3 aliphatic carbocycles. The number of likely N-dealkylation sites (tertiary alicyclic amines) is 1. The van der Waals surface area contributed by atoms with Crippen LogP contribution in [-0.2, 0) is 9.59 Å². The number of hydrogen-bond donors (Lipinski definition) is 1. The number of fused-ring (bicyclic) bond motifs is 1. The summed E-state index contributed by atoms with van der Waals surface area (Å²) in [6, 6.07) is 5.63. The van der Waals surface area contributed by atoms with Crippen LogP contribution >= 0.6 is 0 Å². The summed E-state index contributed by atoms with van der Waals surface area (Å²) in [7, 11) is 0. The van der Waals surface area contributed by atoms with Crippen molar-refractivity contribution in [3.05, 3.63) is 52.9 Å². The molecule has 7 rings (SSSR count). The average molecular weight is 475 g/mol. The van der Waals surface area contributed by atoms with Crippen molar-refractivity contribution in [3.8, 4) is 0 Å². The Morgan fingerprint density at radius 1 is 1.20 bits per heavy atom. The number of nitrogens with zero attached hydrogens (tertiary/aromatic N) is 3. The zero-order valence-corrected chi connectivity index (χ0v) is 19.9. The molecule has 1 spiro atoms. The first-order chi connectivity index (χ1) is 17.0. The number of benzene rings is 1. The molecule has 4 fully saturated rings. The number of allylic oxidation sites excluding steroid dienone is 2. The maximum absolute atomic E-state index is 15.4. The summed E-state index contributed by atoms with van der Waals surface area (Å²) in [5, 5.41) is 3.49. The predicted molar refractivity (Wildman–Crippen MR) is 131 cm³/mol. The standard InChI is InChI=1S/C28H31FN4O2/c29-23-13-21(5-6-22(23)20-4-1-18-7-11-30-24(18)14-20)25-31-28(9-10-28)27(35)33(25)16-17-8-12-32(15-17)26(34)19-2-3-19/h1,4-6,13,17,19,24,30H,2-3,7-12,14-16H2/t17-,24?/m1/s1. The number of carbonyl (C=O) groups is 2. The summed E-state index contributed by atoms with van der Waals surface area (Å²) in [4.78, 5) is 34.4. The highest BCUT2D eigenvalue weighted by molar-refractivity contribution is 6.16. The van der Waals surface area contributed by atoms with Crippen molar-refractivity contribution >= 4 is 23.2 Å². The third kappa shape index (κ3) is 3.66. The highest BCUT2D eigenvalue weighted by Gasteiger charge is 2.57. The molecule has 35 heavy (non-hydrogen) atoms. The third-order valence-corrected chi connectivity index (χ3v) is 8.66. The lowest BCUT2D eigenvalue weighted by atomic mass is 9.89. The molecular weight excluding hydrogens is 443 g/mol. The van der Waals surface area contributed by atoms with Crippen LogP contribution in [0.25, 0.3) is 5.57 Å². The quantitative estimate of drug-likeness (QED) is 0.713. The van der Waals surface area contributed by atoms with Crippen LogP contribution in [-0.4, -0.2) is 65.2 Å². The van der Waals surface area contributed by atoms with E-state index < -0.39 is 5.54 Å². The topological polar surface area (TPSA) is 65.0 Å². The van der Waals surface area contributed by atoms with Gasteiger partial charge in [0.15, 0.2) is 0 Å². The van der Waals surface area contributed by atoms with Gasteiger partial charge in [0.2, 0.25) is 5.91 Å². The normalized spacial score (nSPS) is 28.8. The molecule has 2 saturated carbocycles. The Balaban J connectivity index is 1.12. The van der Waals surface area contributed by atoms with Gasteiger partial charge < -0.3 is 10.2 Å². The number of rotatable bonds is 5. The Hall–Kier alpha value is -2.80. The first-order valence-corrected chi connectivity index (χ1v) is 13.1. The monoisotopic (exact) mass is 474 g/mol. The predicted octanol–water partition coefficient (Wildman–Crippen LogP) is 3.28. The van der Waals surface area contributed by atoms with Crippen LogP contribution in [0.2, 0.25) is 0 Å². The molecule has 182 valence electrons. The van der Waals surface area contributed by atoms with Crippen molar-refractivity contribution in [1.29, 1.82) is 0 Å². The van der Waals surface area contributed by atoms with E-state index in [1.54, 1.807) is 11.0 Å². The van der Waals surface area contributed by atoms with Crippen molar-refractivity contribution in [3.63, 3.8) is 0 Å². The fourth-order valence-corrected chi connectivity index (χ4v) is 6.23. The molecule has 1 unspecified atom stereocenters. The van der Waals surface area contributed by atoms with E-state index in [4.69, 9.17) is 4.99 Å². The molecule has 2 atom stereocenters. The van der Waals surface area contributed by atoms with Crippen LogP contribution in [0.4, 0.5) is 4.39 Å². The number of aliphatic imine (C=N–C) groups is 1. The maximum atomic E-state index is 15.4. The second-order valence-electron chi connectivity index (χ2n) is 11.2. The number of carbonyl (C=O) groups excluding carboxylic acids is 2. The maximum Gasteiger partial charge on any atom is 0.256 e. The van der Waals surface area contributed by atoms with Crippen LogP contribution in [0, 0.1) is 17.7 Å². The third-order valence-electron chi connectivity index (χ3n) is 8.66. The van der Waals surface area contributed by atoms with Crippen molar-refractivity contribution in [1.82, 2.24) is 15.1 Å². The van der Waals surface area contributed by atoms with E-state index in [-0.39, 0.29) is 29.5 Å². The highest BCUT2D eigenvalue weighted by atomic mass is 19.1. The molecule has 2 saturated heterocycles. The number of amidine groups is 1. The lowest BCUT2D eigenvalue weighted by Gasteiger charge is -2.24. The fraction of sp³-hybridized carbons (Fsp3) is 0.536. The Morgan fingerprint density at radius 3 is 2.83 bits per heavy atom. The van der Waals surface area contributed by atoms with Gasteiger partial charge >= 0.3 is 0 Å². The van der Waals surface area contributed by atoms with Crippen LogP contribution < -0.4 is 5.32 Å². The second-order valence-corrected chi connectivity index (χ2v) is 11.2. The van der Waals surface area contributed by atoms with Gasteiger partial charge in [0.05, 0.1) is 0 Å². The van der Waals surface area contributed by atoms with Gasteiger partial charge in [-0.25, -0.2) is 4.39 Å². The summed E-state index contributed by atoms with van der Waals surface area (Å²) in [5.74, 6) is 1.11. The molecule has 2 amide bonds. The molecule has 1 aromatic rings. The molecule has 0 bridgehead atoms. The number of hydrogen-bond acceptors (Lipinski definition) is 4. The molecule has 0 radical (unpaired) electrons. The van der Waals surface area contributed by atoms with Crippen molar-refractivity contribution in [2.75, 3.05) is 26.2 Å². The molecular formula is C28H31FN4O2. The van der Waals surface area contributed by atoms with Gasteiger partial charge in [0, 0.05) is 42.7 Å². The molecule has 3 aliphatic heterocycles. The van der Waals surface area contributed by atoms with Gasteiger partial charge in [0.25, 0.3) is 5.91 Å². The number of halogens is 1. The zero-order chi connectivity index (χ0) is 23.7. The number of nitrogens with one attached hydrogen (secondary N) is 1. The summed E-state index contributed by atoms with van der Waals surface area (Å²) in [5.41, 5.74) is 3.07. The summed E-state index contributed by atoms with van der Waals surface area (Å²) < 4.78 is 15.4. The Kier molecular flexibility index (Phi) is 4.82. The van der Waals surface area contributed by atoms with Gasteiger partial charge in [0.1, 0.15) is 17.2 Å². The van der Waals surface area contributed by atoms with Crippen LogP contribution in [0.15, 0.2) is 40.9 Å². The van der Waals surface area contributed by atoms with Crippen molar-refractivity contribution < 1.29 is 14.0 Å². The molecule has 0 aromatic heterocycles. The first-order valence-electron chi connectivity index (χ1n) is 13.1. The molecule has 7 heteroatoms. The van der Waals surface area contributed by atoms with Gasteiger partial charge in [-0.2, -0.15) is 0 Å². The SMILES string of the molecule is O=C(C1CC1)N1CC[C@@H](CN2C(=O)C3(CC3)N=C2c2ccc(C3=CC=C4CCNC4C3)c(F)c2)C1. The van der Waals surface area contributed by atoms with E-state index in [0.29, 0.717) is 36.1 Å². The average Bonchev–Trinajstić information content (AvgIpc) is 3.74. The first kappa shape index (κ1) is 21.5. The largest absolute Gasteiger partial charge is 0.342 e. The summed E-state index contributed by atoms with van der Waals surface area (Å²) >= 11 is 0. The molecule has 6 aliphatic rings. The van der Waals surface area contributed by atoms with E-state index in [9.17, 15) is 9.59 Å². The Morgan fingerprint density at radius 2 is 2.06 bits per heavy atom. The zero-order valence-electron chi connectivity index (χ0n) is 19.9. The lowest BCUT2D eigenvalue weighted by molar-refractivity contribution is -0.131. The van der Waals surface area contributed by atoms with E-state index >= 15 is 4.39 Å². The smallest absolute Gasteiger partial charge is 0.256 e. The van der Waals surface area contributed by atoms with Crippen molar-refractivity contribution in [2.24, 2.45) is 16.8 Å². The lowest BCUT2D eigenvalue weighted by Crippen LogP contribution is -2.41. The molecule has 1 N–H and O–H groups in total. The minimum Gasteiger partial charge on any atom is -0.342 e. The van der Waals surface area contributed by atoms with Gasteiger partial charge in [-0.15, -0.1) is 0 Å². The van der Waals surface area contributed by atoms with Gasteiger partial charge in [-0.1, -0.05) is 29.9 Å². The molecule has 6 nitrogen and oxygen atoms in total. The fourth-order valence-electron chi connectivity index (χ4n) is 6.23. The van der Waals surface area contributed by atoms with Crippen LogP contribution in [0.5, 0.6) is 0 Å². The summed E-state index contributed by atoms with van der Waals surface area (Å²) in [6.07, 6.45) is 10.5. The minimum absolute atomic E-state index is 0.0453. The Bertz CT molecular complexity index is 1210. The number of amides is 2. The molecule has 3 heterocycles. The second kappa shape index (κ2) is 7.85. The van der Waals surface area contributed by atoms with E-state index in [2.05, 4.69) is 11.4 Å².